The van der Waals surface area contributed by atoms with Gasteiger partial charge in [-0.3, -0.25) is 0 Å². The van der Waals surface area contributed by atoms with Crippen LogP contribution in [0.5, 0.6) is 0 Å². The number of hydrogen-bond donors (Lipinski definition) is 1. The maximum absolute atomic E-state index is 5.35. The van der Waals surface area contributed by atoms with Crippen molar-refractivity contribution in [3.05, 3.63) is 40.1 Å². The summed E-state index contributed by atoms with van der Waals surface area (Å²) >= 11 is 3.41. The molecule has 2 heterocycles. The number of aryl methyl sites for hydroxylation is 2. The van der Waals surface area contributed by atoms with E-state index in [-0.39, 0.29) is 0 Å². The summed E-state index contributed by atoms with van der Waals surface area (Å²) in [4.78, 5) is 8.34. The molecule has 5 heteroatoms. The van der Waals surface area contributed by atoms with E-state index in [1.165, 1.54) is 0 Å². The van der Waals surface area contributed by atoms with Gasteiger partial charge in [-0.2, -0.15) is 0 Å². The monoisotopic (exact) mass is 281 g/mol. The molecular weight excluding hydrogens is 270 g/mol. The Kier molecular flexibility index (Phi) is 3.24. The number of aromatic nitrogens is 2. The van der Waals surface area contributed by atoms with Crippen molar-refractivity contribution in [2.75, 3.05) is 5.32 Å². The number of hydrogen-bond acceptors (Lipinski definition) is 4. The van der Waals surface area contributed by atoms with Crippen LogP contribution < -0.4 is 5.32 Å². The molecule has 0 amide bonds. The lowest BCUT2D eigenvalue weighted by Gasteiger charge is -2.04. The number of pyridine rings is 1. The molecule has 0 unspecified atom stereocenters. The van der Waals surface area contributed by atoms with Gasteiger partial charge in [0, 0.05) is 10.7 Å². The Hall–Kier alpha value is -1.36. The molecule has 0 aromatic carbocycles. The fourth-order valence-corrected chi connectivity index (χ4v) is 1.50. The van der Waals surface area contributed by atoms with Crippen molar-refractivity contribution in [2.45, 2.75) is 20.4 Å². The number of nitrogens with zero attached hydrogens (tertiary/aromatic N) is 2. The molecule has 16 heavy (non-hydrogen) atoms. The molecule has 0 bridgehead atoms. The Labute approximate surface area is 102 Å². The first-order valence-electron chi connectivity index (χ1n) is 4.92. The molecule has 84 valence electrons. The summed E-state index contributed by atoms with van der Waals surface area (Å²) in [6.07, 6.45) is 3.48. The van der Waals surface area contributed by atoms with Crippen molar-refractivity contribution in [3.63, 3.8) is 0 Å². The fourth-order valence-electron chi connectivity index (χ4n) is 1.29. The number of nitrogens with one attached hydrogen (secondary N) is 1. The van der Waals surface area contributed by atoms with E-state index in [0.29, 0.717) is 12.4 Å². The van der Waals surface area contributed by atoms with E-state index in [4.69, 9.17) is 4.42 Å². The zero-order valence-electron chi connectivity index (χ0n) is 9.12. The van der Waals surface area contributed by atoms with Gasteiger partial charge in [0.2, 0.25) is 5.89 Å². The van der Waals surface area contributed by atoms with Crippen molar-refractivity contribution in [3.8, 4) is 0 Å². The topological polar surface area (TPSA) is 51.0 Å². The molecule has 2 aromatic heterocycles. The van der Waals surface area contributed by atoms with Crippen molar-refractivity contribution in [2.24, 2.45) is 0 Å². The third-order valence-corrected chi connectivity index (χ3v) is 2.97. The molecule has 0 fully saturated rings. The number of oxazole rings is 1. The molecule has 0 radical (unpaired) electrons. The van der Waals surface area contributed by atoms with Gasteiger partial charge in [0.25, 0.3) is 0 Å². The molecule has 4 nitrogen and oxygen atoms in total. The molecule has 0 atom stereocenters. The molecule has 0 aliphatic rings. The predicted octanol–water partition coefficient (Wildman–Crippen LogP) is 3.06. The van der Waals surface area contributed by atoms with Crippen LogP contribution in [0.2, 0.25) is 0 Å². The largest absolute Gasteiger partial charge is 0.444 e. The average molecular weight is 282 g/mol. The minimum absolute atomic E-state index is 0.544. The first-order valence-corrected chi connectivity index (χ1v) is 5.72. The maximum Gasteiger partial charge on any atom is 0.213 e. The molecule has 0 saturated heterocycles. The maximum atomic E-state index is 5.35. The molecule has 0 spiro atoms. The van der Waals surface area contributed by atoms with Gasteiger partial charge in [-0.15, -0.1) is 0 Å². The van der Waals surface area contributed by atoms with Crippen LogP contribution in [-0.4, -0.2) is 9.97 Å². The van der Waals surface area contributed by atoms with Crippen LogP contribution in [0.15, 0.2) is 27.3 Å². The number of halogens is 1. The van der Waals surface area contributed by atoms with Gasteiger partial charge in [0.15, 0.2) is 0 Å². The van der Waals surface area contributed by atoms with Gasteiger partial charge < -0.3 is 9.73 Å². The highest BCUT2D eigenvalue weighted by Crippen LogP contribution is 2.17. The van der Waals surface area contributed by atoms with Gasteiger partial charge in [0.1, 0.15) is 11.6 Å². The molecule has 2 aromatic rings. The van der Waals surface area contributed by atoms with Crippen LogP contribution in [0.4, 0.5) is 5.82 Å². The fraction of sp³-hybridized carbons (Fsp3) is 0.273. The summed E-state index contributed by atoms with van der Waals surface area (Å²) in [5.74, 6) is 2.30. The quantitative estimate of drug-likeness (QED) is 0.940. The van der Waals surface area contributed by atoms with Crippen molar-refractivity contribution < 1.29 is 4.42 Å². The average Bonchev–Trinajstić information content (AvgIpc) is 2.66. The zero-order chi connectivity index (χ0) is 11.5. The highest BCUT2D eigenvalue weighted by atomic mass is 79.9. The van der Waals surface area contributed by atoms with Crippen LogP contribution in [0.3, 0.4) is 0 Å². The van der Waals surface area contributed by atoms with Crippen LogP contribution in [-0.2, 0) is 6.54 Å². The van der Waals surface area contributed by atoms with E-state index in [0.717, 1.165) is 21.6 Å². The second kappa shape index (κ2) is 4.65. The Morgan fingerprint density at radius 2 is 2.12 bits per heavy atom. The van der Waals surface area contributed by atoms with Crippen molar-refractivity contribution in [1.29, 1.82) is 0 Å². The second-order valence-electron chi connectivity index (χ2n) is 3.54. The van der Waals surface area contributed by atoms with Crippen LogP contribution >= 0.6 is 15.9 Å². The van der Waals surface area contributed by atoms with Crippen molar-refractivity contribution in [1.82, 2.24) is 9.97 Å². The van der Waals surface area contributed by atoms with Gasteiger partial charge >= 0.3 is 0 Å². The van der Waals surface area contributed by atoms with Gasteiger partial charge in [0.05, 0.1) is 12.7 Å². The molecule has 0 aliphatic carbocycles. The molecule has 1 N–H and O–H groups in total. The minimum atomic E-state index is 0.544. The highest BCUT2D eigenvalue weighted by molar-refractivity contribution is 9.10. The smallest absolute Gasteiger partial charge is 0.213 e. The minimum Gasteiger partial charge on any atom is -0.444 e. The third kappa shape index (κ3) is 2.61. The SMILES string of the molecule is Cc1cnc(CNc2cc(C)c(Br)cn2)o1. The predicted molar refractivity (Wildman–Crippen MR) is 65.2 cm³/mol. The summed E-state index contributed by atoms with van der Waals surface area (Å²) in [6, 6.07) is 1.97. The van der Waals surface area contributed by atoms with Crippen molar-refractivity contribution >= 4 is 21.7 Å². The van der Waals surface area contributed by atoms with Crippen LogP contribution in [0, 0.1) is 13.8 Å². The first-order chi connectivity index (χ1) is 7.65. The lowest BCUT2D eigenvalue weighted by molar-refractivity contribution is 0.479. The molecule has 0 saturated carbocycles. The Balaban J connectivity index is 2.02. The number of rotatable bonds is 3. The van der Waals surface area contributed by atoms with Crippen LogP contribution in [0.25, 0.3) is 0 Å². The van der Waals surface area contributed by atoms with Gasteiger partial charge in [-0.05, 0) is 41.4 Å². The lowest BCUT2D eigenvalue weighted by atomic mass is 10.3. The van der Waals surface area contributed by atoms with Gasteiger partial charge in [-0.1, -0.05) is 0 Å². The lowest BCUT2D eigenvalue weighted by Crippen LogP contribution is -2.01. The van der Waals surface area contributed by atoms with Gasteiger partial charge in [-0.25, -0.2) is 9.97 Å². The highest BCUT2D eigenvalue weighted by Gasteiger charge is 2.02. The summed E-state index contributed by atoms with van der Waals surface area (Å²) in [6.45, 7) is 4.44. The normalized spacial score (nSPS) is 10.4. The van der Waals surface area contributed by atoms with Crippen LogP contribution in [0.1, 0.15) is 17.2 Å². The van der Waals surface area contributed by atoms with E-state index < -0.39 is 0 Å². The van der Waals surface area contributed by atoms with E-state index >= 15 is 0 Å². The first kappa shape index (κ1) is 11.1. The summed E-state index contributed by atoms with van der Waals surface area (Å²) in [7, 11) is 0. The Bertz CT molecular complexity index is 496. The Morgan fingerprint density at radius 1 is 1.31 bits per heavy atom. The van der Waals surface area contributed by atoms with E-state index in [9.17, 15) is 0 Å². The zero-order valence-corrected chi connectivity index (χ0v) is 10.7. The summed E-state index contributed by atoms with van der Waals surface area (Å²) in [5.41, 5.74) is 1.14. The summed E-state index contributed by atoms with van der Waals surface area (Å²) < 4.78 is 6.35. The number of anilines is 1. The second-order valence-corrected chi connectivity index (χ2v) is 4.39. The van der Waals surface area contributed by atoms with E-state index in [1.807, 2.05) is 19.9 Å². The standard InChI is InChI=1S/C11H12BrN3O/c1-7-3-10(13-5-9(7)12)14-6-11-15-4-8(2)16-11/h3-5H,6H2,1-2H3,(H,13,14). The van der Waals surface area contributed by atoms with E-state index in [1.54, 1.807) is 12.4 Å². The molecular formula is C11H12BrN3O. The third-order valence-electron chi connectivity index (χ3n) is 2.14. The molecule has 2 rings (SSSR count). The summed E-state index contributed by atoms with van der Waals surface area (Å²) in [5, 5.41) is 3.15. The Morgan fingerprint density at radius 3 is 2.75 bits per heavy atom. The molecule has 0 aliphatic heterocycles. The van der Waals surface area contributed by atoms with E-state index in [2.05, 4.69) is 31.2 Å².